The minimum atomic E-state index is 0.798. The molecular formula is C11H16N2O. The number of rotatable bonds is 5. The summed E-state index contributed by atoms with van der Waals surface area (Å²) in [4.78, 5) is 4.28. The Kier molecular flexibility index (Phi) is 2.99. The van der Waals surface area contributed by atoms with E-state index in [9.17, 15) is 0 Å². The van der Waals surface area contributed by atoms with E-state index in [1.165, 1.54) is 12.8 Å². The van der Waals surface area contributed by atoms with E-state index >= 15 is 0 Å². The highest BCUT2D eigenvalue weighted by Crippen LogP contribution is 2.29. The van der Waals surface area contributed by atoms with E-state index in [1.54, 1.807) is 6.20 Å². The molecule has 0 spiro atoms. The molecule has 0 unspecified atom stereocenters. The number of aromatic nitrogens is 1. The zero-order valence-corrected chi connectivity index (χ0v) is 8.49. The van der Waals surface area contributed by atoms with Crippen LogP contribution >= 0.6 is 0 Å². The van der Waals surface area contributed by atoms with Crippen LogP contribution in [-0.2, 0) is 6.54 Å². The Bertz CT molecular complexity index is 280. The summed E-state index contributed by atoms with van der Waals surface area (Å²) in [7, 11) is 1.92. The van der Waals surface area contributed by atoms with Crippen LogP contribution < -0.4 is 10.1 Å². The molecule has 1 fully saturated rings. The van der Waals surface area contributed by atoms with Gasteiger partial charge in [0.25, 0.3) is 0 Å². The Morgan fingerprint density at radius 2 is 2.36 bits per heavy atom. The van der Waals surface area contributed by atoms with Crippen LogP contribution in [0, 0.1) is 5.92 Å². The second kappa shape index (κ2) is 4.42. The molecule has 76 valence electrons. The van der Waals surface area contributed by atoms with Gasteiger partial charge in [-0.15, -0.1) is 0 Å². The third-order valence-electron chi connectivity index (χ3n) is 2.34. The first-order valence-electron chi connectivity index (χ1n) is 5.11. The first-order valence-corrected chi connectivity index (χ1v) is 5.11. The summed E-state index contributed by atoms with van der Waals surface area (Å²) in [5.74, 6) is 1.68. The van der Waals surface area contributed by atoms with Gasteiger partial charge in [-0.05, 0) is 37.9 Å². The second-order valence-electron chi connectivity index (χ2n) is 3.77. The molecule has 1 aromatic rings. The third kappa shape index (κ3) is 2.70. The Morgan fingerprint density at radius 3 is 2.93 bits per heavy atom. The van der Waals surface area contributed by atoms with E-state index in [-0.39, 0.29) is 0 Å². The fraction of sp³-hybridized carbons (Fsp3) is 0.545. The normalized spacial score (nSPS) is 15.5. The van der Waals surface area contributed by atoms with Crippen molar-refractivity contribution in [3.05, 3.63) is 24.0 Å². The molecule has 0 atom stereocenters. The summed E-state index contributed by atoms with van der Waals surface area (Å²) in [6.07, 6.45) is 4.45. The highest BCUT2D eigenvalue weighted by molar-refractivity contribution is 5.19. The van der Waals surface area contributed by atoms with E-state index in [0.29, 0.717) is 0 Å². The Labute approximate surface area is 84.5 Å². The first kappa shape index (κ1) is 9.46. The van der Waals surface area contributed by atoms with Gasteiger partial charge in [0.1, 0.15) is 5.75 Å². The first-order chi connectivity index (χ1) is 6.88. The molecule has 0 radical (unpaired) electrons. The SMILES string of the molecule is CNCc1ccc(OCC2CC2)cn1. The van der Waals surface area contributed by atoms with E-state index in [4.69, 9.17) is 4.74 Å². The quantitative estimate of drug-likeness (QED) is 0.769. The minimum Gasteiger partial charge on any atom is -0.492 e. The topological polar surface area (TPSA) is 34.1 Å². The molecule has 1 heterocycles. The van der Waals surface area contributed by atoms with Crippen LogP contribution in [0.5, 0.6) is 5.75 Å². The van der Waals surface area contributed by atoms with Crippen molar-refractivity contribution < 1.29 is 4.74 Å². The van der Waals surface area contributed by atoms with Crippen LogP contribution in [0.3, 0.4) is 0 Å². The second-order valence-corrected chi connectivity index (χ2v) is 3.77. The lowest BCUT2D eigenvalue weighted by molar-refractivity contribution is 0.298. The molecule has 0 saturated heterocycles. The molecular weight excluding hydrogens is 176 g/mol. The lowest BCUT2D eigenvalue weighted by atomic mass is 10.3. The van der Waals surface area contributed by atoms with E-state index in [1.807, 2.05) is 19.2 Å². The molecule has 0 aromatic carbocycles. The average Bonchev–Trinajstić information content (AvgIpc) is 3.01. The summed E-state index contributed by atoms with van der Waals surface area (Å²) >= 11 is 0. The van der Waals surface area contributed by atoms with E-state index in [0.717, 1.165) is 30.5 Å². The van der Waals surface area contributed by atoms with Gasteiger partial charge in [-0.3, -0.25) is 4.98 Å². The summed E-state index contributed by atoms with van der Waals surface area (Å²) in [6, 6.07) is 3.99. The maximum absolute atomic E-state index is 5.58. The van der Waals surface area contributed by atoms with Gasteiger partial charge < -0.3 is 10.1 Å². The van der Waals surface area contributed by atoms with E-state index in [2.05, 4.69) is 10.3 Å². The van der Waals surface area contributed by atoms with Crippen LogP contribution in [0.25, 0.3) is 0 Å². The minimum absolute atomic E-state index is 0.798. The van der Waals surface area contributed by atoms with Crippen molar-refractivity contribution in [2.75, 3.05) is 13.7 Å². The number of nitrogens with zero attached hydrogens (tertiary/aromatic N) is 1. The Hall–Kier alpha value is -1.09. The molecule has 1 saturated carbocycles. The summed E-state index contributed by atoms with van der Waals surface area (Å²) in [5.41, 5.74) is 1.05. The number of hydrogen-bond donors (Lipinski definition) is 1. The molecule has 1 aromatic heterocycles. The van der Waals surface area contributed by atoms with Gasteiger partial charge in [0.05, 0.1) is 18.5 Å². The van der Waals surface area contributed by atoms with Gasteiger partial charge in [0, 0.05) is 6.54 Å². The van der Waals surface area contributed by atoms with Crippen LogP contribution in [-0.4, -0.2) is 18.6 Å². The number of nitrogens with one attached hydrogen (secondary N) is 1. The largest absolute Gasteiger partial charge is 0.492 e. The number of pyridine rings is 1. The Morgan fingerprint density at radius 1 is 1.50 bits per heavy atom. The van der Waals surface area contributed by atoms with Gasteiger partial charge in [0.2, 0.25) is 0 Å². The molecule has 0 aliphatic heterocycles. The molecule has 3 heteroatoms. The maximum atomic E-state index is 5.58. The molecule has 1 aliphatic carbocycles. The van der Waals surface area contributed by atoms with Crippen molar-refractivity contribution in [1.82, 2.24) is 10.3 Å². The van der Waals surface area contributed by atoms with E-state index < -0.39 is 0 Å². The number of hydrogen-bond acceptors (Lipinski definition) is 3. The van der Waals surface area contributed by atoms with Crippen LogP contribution in [0.1, 0.15) is 18.5 Å². The van der Waals surface area contributed by atoms with Crippen molar-refractivity contribution in [3.8, 4) is 5.75 Å². The summed E-state index contributed by atoms with van der Waals surface area (Å²) in [5, 5.41) is 3.06. The average molecular weight is 192 g/mol. The fourth-order valence-electron chi connectivity index (χ4n) is 1.28. The van der Waals surface area contributed by atoms with Crippen molar-refractivity contribution >= 4 is 0 Å². The van der Waals surface area contributed by atoms with Crippen molar-refractivity contribution in [2.45, 2.75) is 19.4 Å². The molecule has 0 bridgehead atoms. The molecule has 14 heavy (non-hydrogen) atoms. The molecule has 1 aliphatic rings. The van der Waals surface area contributed by atoms with Gasteiger partial charge >= 0.3 is 0 Å². The predicted molar refractivity (Wildman–Crippen MR) is 55.2 cm³/mol. The van der Waals surface area contributed by atoms with Gasteiger partial charge in [-0.2, -0.15) is 0 Å². The zero-order chi connectivity index (χ0) is 9.80. The standard InChI is InChI=1S/C11H16N2O/c1-12-6-10-4-5-11(7-13-10)14-8-9-2-3-9/h4-5,7,9,12H,2-3,6,8H2,1H3. The fourth-order valence-corrected chi connectivity index (χ4v) is 1.28. The molecule has 0 amide bonds. The summed E-state index contributed by atoms with van der Waals surface area (Å²) in [6.45, 7) is 1.66. The third-order valence-corrected chi connectivity index (χ3v) is 2.34. The highest BCUT2D eigenvalue weighted by atomic mass is 16.5. The monoisotopic (exact) mass is 192 g/mol. The van der Waals surface area contributed by atoms with Crippen molar-refractivity contribution in [1.29, 1.82) is 0 Å². The van der Waals surface area contributed by atoms with Crippen LogP contribution in [0.15, 0.2) is 18.3 Å². The molecule has 1 N–H and O–H groups in total. The zero-order valence-electron chi connectivity index (χ0n) is 8.49. The smallest absolute Gasteiger partial charge is 0.137 e. The van der Waals surface area contributed by atoms with Gasteiger partial charge in [0.15, 0.2) is 0 Å². The maximum Gasteiger partial charge on any atom is 0.137 e. The lowest BCUT2D eigenvalue weighted by Gasteiger charge is -2.05. The Balaban J connectivity index is 1.84. The number of ether oxygens (including phenoxy) is 1. The molecule has 3 nitrogen and oxygen atoms in total. The van der Waals surface area contributed by atoms with Crippen molar-refractivity contribution in [2.24, 2.45) is 5.92 Å². The van der Waals surface area contributed by atoms with Crippen LogP contribution in [0.4, 0.5) is 0 Å². The van der Waals surface area contributed by atoms with Crippen LogP contribution in [0.2, 0.25) is 0 Å². The summed E-state index contributed by atoms with van der Waals surface area (Å²) < 4.78 is 5.58. The van der Waals surface area contributed by atoms with Crippen molar-refractivity contribution in [3.63, 3.8) is 0 Å². The predicted octanol–water partition coefficient (Wildman–Crippen LogP) is 1.59. The van der Waals surface area contributed by atoms with Gasteiger partial charge in [-0.1, -0.05) is 0 Å². The lowest BCUT2D eigenvalue weighted by Crippen LogP contribution is -2.07. The van der Waals surface area contributed by atoms with Gasteiger partial charge in [-0.25, -0.2) is 0 Å². The highest BCUT2D eigenvalue weighted by Gasteiger charge is 2.21. The molecule has 2 rings (SSSR count).